The molecule has 0 radical (unpaired) electrons. The molecule has 4 heteroatoms. The lowest BCUT2D eigenvalue weighted by atomic mass is 10.2. The lowest BCUT2D eigenvalue weighted by molar-refractivity contribution is 0.475. The van der Waals surface area contributed by atoms with E-state index in [2.05, 4.69) is 44.0 Å². The van der Waals surface area contributed by atoms with Gasteiger partial charge in [0.05, 0.1) is 3.39 Å². The third kappa shape index (κ3) is 2.97. The molecule has 1 aromatic heterocycles. The summed E-state index contributed by atoms with van der Waals surface area (Å²) in [5.74, 6) is 0.295. The molecule has 1 aromatic carbocycles. The zero-order valence-corrected chi connectivity index (χ0v) is 12.1. The smallest absolute Gasteiger partial charge is 0.115 e. The Balaban J connectivity index is 2.31. The average molecular weight is 360 g/mol. The highest BCUT2D eigenvalue weighted by Gasteiger charge is 2.01. The van der Waals surface area contributed by atoms with Gasteiger partial charge in [-0.2, -0.15) is 0 Å². The Morgan fingerprint density at radius 3 is 2.38 bits per heavy atom. The van der Waals surface area contributed by atoms with Crippen LogP contribution >= 0.6 is 43.2 Å². The zero-order valence-electron chi connectivity index (χ0n) is 8.15. The van der Waals surface area contributed by atoms with Gasteiger partial charge in [-0.3, -0.25) is 0 Å². The topological polar surface area (TPSA) is 20.2 Å². The summed E-state index contributed by atoms with van der Waals surface area (Å²) in [5.41, 5.74) is 1.12. The first-order chi connectivity index (χ1) is 7.65. The zero-order chi connectivity index (χ0) is 11.5. The summed E-state index contributed by atoms with van der Waals surface area (Å²) in [6.07, 6.45) is 2.01. The molecule has 0 amide bonds. The fraction of sp³-hybridized carbons (Fsp3) is 0. The molecule has 0 aliphatic carbocycles. The molecule has 1 N–H and O–H groups in total. The Hall–Kier alpha value is -0.580. The second-order valence-corrected chi connectivity index (χ2v) is 7.07. The molecular weight excluding hydrogens is 352 g/mol. The molecule has 0 saturated carbocycles. The molecule has 0 spiro atoms. The van der Waals surface area contributed by atoms with Crippen molar-refractivity contribution < 1.29 is 5.11 Å². The number of hydrogen-bond donors (Lipinski definition) is 1. The second kappa shape index (κ2) is 5.17. The molecule has 0 saturated heterocycles. The van der Waals surface area contributed by atoms with E-state index in [1.165, 1.54) is 9.75 Å². The van der Waals surface area contributed by atoms with E-state index in [1.807, 2.05) is 18.2 Å². The normalized spacial score (nSPS) is 10.1. The van der Waals surface area contributed by atoms with Gasteiger partial charge in [0.2, 0.25) is 0 Å². The van der Waals surface area contributed by atoms with Gasteiger partial charge in [-0.1, -0.05) is 0 Å². The van der Waals surface area contributed by atoms with Crippen molar-refractivity contribution in [2.75, 3.05) is 0 Å². The monoisotopic (exact) mass is 358 g/mol. The standard InChI is InChI=1S/C12H8Br2OS/c13-12(14)7-10-5-6-11(16-10)8-1-3-9(15)4-2-8/h1-7,15H. The minimum atomic E-state index is 0.295. The fourth-order valence-electron chi connectivity index (χ4n) is 1.32. The van der Waals surface area contributed by atoms with E-state index in [9.17, 15) is 5.11 Å². The van der Waals surface area contributed by atoms with Crippen molar-refractivity contribution in [1.29, 1.82) is 0 Å². The van der Waals surface area contributed by atoms with Crippen LogP contribution in [-0.4, -0.2) is 5.11 Å². The maximum absolute atomic E-state index is 9.21. The first-order valence-electron chi connectivity index (χ1n) is 4.57. The van der Waals surface area contributed by atoms with Gasteiger partial charge in [0.1, 0.15) is 5.75 Å². The van der Waals surface area contributed by atoms with Crippen LogP contribution in [0.25, 0.3) is 16.5 Å². The van der Waals surface area contributed by atoms with E-state index in [0.717, 1.165) is 8.96 Å². The Bertz CT molecular complexity index is 510. The van der Waals surface area contributed by atoms with Gasteiger partial charge in [0, 0.05) is 9.75 Å². The maximum atomic E-state index is 9.21. The maximum Gasteiger partial charge on any atom is 0.115 e. The highest BCUT2D eigenvalue weighted by molar-refractivity contribution is 9.28. The lowest BCUT2D eigenvalue weighted by Crippen LogP contribution is -1.69. The Kier molecular flexibility index (Phi) is 3.84. The predicted molar refractivity (Wildman–Crippen MR) is 77.3 cm³/mol. The minimum Gasteiger partial charge on any atom is -0.508 e. The van der Waals surface area contributed by atoms with Gasteiger partial charge in [0.25, 0.3) is 0 Å². The number of phenolic OH excluding ortho intramolecular Hbond substituents is 1. The third-order valence-electron chi connectivity index (χ3n) is 2.03. The minimum absolute atomic E-state index is 0.295. The van der Waals surface area contributed by atoms with Gasteiger partial charge >= 0.3 is 0 Å². The number of thiophene rings is 1. The number of aromatic hydroxyl groups is 1. The van der Waals surface area contributed by atoms with E-state index in [-0.39, 0.29) is 0 Å². The van der Waals surface area contributed by atoms with Crippen LogP contribution in [0.1, 0.15) is 4.88 Å². The molecule has 1 heterocycles. The predicted octanol–water partition coefficient (Wildman–Crippen LogP) is 5.21. The van der Waals surface area contributed by atoms with E-state index >= 15 is 0 Å². The molecule has 2 aromatic rings. The number of rotatable bonds is 2. The van der Waals surface area contributed by atoms with Crippen molar-refractivity contribution >= 4 is 49.3 Å². The lowest BCUT2D eigenvalue weighted by Gasteiger charge is -1.96. The van der Waals surface area contributed by atoms with Gasteiger partial charge in [-0.25, -0.2) is 0 Å². The van der Waals surface area contributed by atoms with E-state index in [0.29, 0.717) is 5.75 Å². The van der Waals surface area contributed by atoms with Crippen LogP contribution < -0.4 is 0 Å². The SMILES string of the molecule is Oc1ccc(-c2ccc(C=C(Br)Br)s2)cc1. The van der Waals surface area contributed by atoms with Crippen molar-refractivity contribution in [2.24, 2.45) is 0 Å². The Morgan fingerprint density at radius 1 is 1.06 bits per heavy atom. The van der Waals surface area contributed by atoms with E-state index in [1.54, 1.807) is 23.5 Å². The van der Waals surface area contributed by atoms with Crippen LogP contribution in [-0.2, 0) is 0 Å². The number of halogens is 2. The van der Waals surface area contributed by atoms with Crippen LogP contribution in [0.3, 0.4) is 0 Å². The average Bonchev–Trinajstić information content (AvgIpc) is 2.66. The number of benzene rings is 1. The van der Waals surface area contributed by atoms with Crippen molar-refractivity contribution in [1.82, 2.24) is 0 Å². The van der Waals surface area contributed by atoms with Crippen LogP contribution in [0.2, 0.25) is 0 Å². The molecule has 0 fully saturated rings. The molecule has 2 rings (SSSR count). The molecule has 82 valence electrons. The molecule has 0 aliphatic heterocycles. The van der Waals surface area contributed by atoms with Crippen molar-refractivity contribution in [3.05, 3.63) is 44.7 Å². The quantitative estimate of drug-likeness (QED) is 0.780. The molecule has 16 heavy (non-hydrogen) atoms. The van der Waals surface area contributed by atoms with Crippen molar-refractivity contribution in [3.8, 4) is 16.2 Å². The molecule has 0 aliphatic rings. The Morgan fingerprint density at radius 2 is 1.75 bits per heavy atom. The third-order valence-corrected chi connectivity index (χ3v) is 3.57. The van der Waals surface area contributed by atoms with Crippen LogP contribution in [0.5, 0.6) is 5.75 Å². The highest BCUT2D eigenvalue weighted by atomic mass is 79.9. The largest absolute Gasteiger partial charge is 0.508 e. The van der Waals surface area contributed by atoms with Crippen LogP contribution in [0, 0.1) is 0 Å². The fourth-order valence-corrected chi connectivity index (χ4v) is 3.07. The molecule has 0 atom stereocenters. The first-order valence-corrected chi connectivity index (χ1v) is 6.97. The summed E-state index contributed by atoms with van der Waals surface area (Å²) in [6, 6.07) is 11.4. The summed E-state index contributed by atoms with van der Waals surface area (Å²) < 4.78 is 0.930. The molecule has 0 unspecified atom stereocenters. The Labute approximate surface area is 115 Å². The number of hydrogen-bond acceptors (Lipinski definition) is 2. The molecule has 1 nitrogen and oxygen atoms in total. The van der Waals surface area contributed by atoms with E-state index < -0.39 is 0 Å². The van der Waals surface area contributed by atoms with Crippen molar-refractivity contribution in [3.63, 3.8) is 0 Å². The van der Waals surface area contributed by atoms with Gasteiger partial charge in [-0.15, -0.1) is 11.3 Å². The van der Waals surface area contributed by atoms with Gasteiger partial charge in [0.15, 0.2) is 0 Å². The summed E-state index contributed by atoms with van der Waals surface area (Å²) in [5, 5.41) is 9.21. The van der Waals surface area contributed by atoms with Crippen LogP contribution in [0.4, 0.5) is 0 Å². The molecular formula is C12H8Br2OS. The van der Waals surface area contributed by atoms with Crippen molar-refractivity contribution in [2.45, 2.75) is 0 Å². The second-order valence-electron chi connectivity index (χ2n) is 3.18. The summed E-state index contributed by atoms with van der Waals surface area (Å²) in [4.78, 5) is 2.36. The first kappa shape index (κ1) is 11.9. The molecule has 0 bridgehead atoms. The van der Waals surface area contributed by atoms with E-state index in [4.69, 9.17) is 0 Å². The number of phenols is 1. The highest BCUT2D eigenvalue weighted by Crippen LogP contribution is 2.31. The summed E-state index contributed by atoms with van der Waals surface area (Å²) >= 11 is 8.38. The van der Waals surface area contributed by atoms with Gasteiger partial charge < -0.3 is 5.11 Å². The van der Waals surface area contributed by atoms with Gasteiger partial charge in [-0.05, 0) is 79.9 Å². The summed E-state index contributed by atoms with van der Waals surface area (Å²) in [6.45, 7) is 0. The van der Waals surface area contributed by atoms with Crippen LogP contribution in [0.15, 0.2) is 39.8 Å². The summed E-state index contributed by atoms with van der Waals surface area (Å²) in [7, 11) is 0.